The van der Waals surface area contributed by atoms with Gasteiger partial charge in [-0.25, -0.2) is 4.79 Å². The number of aromatic carboxylic acids is 1. The average molecular weight is 236 g/mol. The van der Waals surface area contributed by atoms with Crippen LogP contribution in [0.4, 0.5) is 0 Å². The largest absolute Gasteiger partial charge is 0.491 e. The molecular weight excluding hydrogens is 220 g/mol. The molecule has 4 nitrogen and oxygen atoms in total. The summed E-state index contributed by atoms with van der Waals surface area (Å²) in [5.41, 5.74) is -0.542. The van der Waals surface area contributed by atoms with E-state index in [2.05, 4.69) is 0 Å². The van der Waals surface area contributed by atoms with E-state index in [0.717, 1.165) is 25.7 Å². The third kappa shape index (κ3) is 2.97. The van der Waals surface area contributed by atoms with Gasteiger partial charge >= 0.3 is 5.97 Å². The highest BCUT2D eigenvalue weighted by Gasteiger charge is 2.31. The maximum atomic E-state index is 10.8. The van der Waals surface area contributed by atoms with Gasteiger partial charge in [-0.05, 0) is 31.0 Å². The van der Waals surface area contributed by atoms with Gasteiger partial charge in [-0.15, -0.1) is 0 Å². The molecule has 2 N–H and O–H groups in total. The van der Waals surface area contributed by atoms with Gasteiger partial charge in [0.2, 0.25) is 0 Å². The van der Waals surface area contributed by atoms with E-state index in [1.807, 2.05) is 0 Å². The van der Waals surface area contributed by atoms with Crippen molar-refractivity contribution in [3.63, 3.8) is 0 Å². The predicted octanol–water partition coefficient (Wildman–Crippen LogP) is 2.07. The third-order valence-electron chi connectivity index (χ3n) is 3.12. The first-order chi connectivity index (χ1) is 8.09. The summed E-state index contributed by atoms with van der Waals surface area (Å²) in [5.74, 6) is -0.486. The Kier molecular flexibility index (Phi) is 3.33. The molecule has 0 spiro atoms. The lowest BCUT2D eigenvalue weighted by Crippen LogP contribution is -2.32. The molecule has 0 heterocycles. The second kappa shape index (κ2) is 4.75. The normalized spacial score (nSPS) is 17.9. The first kappa shape index (κ1) is 11.9. The summed E-state index contributed by atoms with van der Waals surface area (Å²) in [6.07, 6.45) is 3.56. The second-order valence-corrected chi connectivity index (χ2v) is 4.55. The highest BCUT2D eigenvalue weighted by Crippen LogP contribution is 2.30. The number of benzene rings is 1. The number of carboxylic acid groups (broad SMARTS) is 1. The Bertz CT molecular complexity index is 408. The van der Waals surface area contributed by atoms with Gasteiger partial charge in [-0.3, -0.25) is 0 Å². The number of carbonyl (C=O) groups is 1. The van der Waals surface area contributed by atoms with Crippen molar-refractivity contribution in [3.05, 3.63) is 29.8 Å². The number of aliphatic hydroxyl groups is 1. The van der Waals surface area contributed by atoms with Crippen LogP contribution in [0, 0.1) is 0 Å². The van der Waals surface area contributed by atoms with E-state index in [-0.39, 0.29) is 12.2 Å². The Hall–Kier alpha value is -1.55. The Morgan fingerprint density at radius 1 is 1.35 bits per heavy atom. The maximum absolute atomic E-state index is 10.8. The van der Waals surface area contributed by atoms with Crippen LogP contribution in [0.2, 0.25) is 0 Å². The van der Waals surface area contributed by atoms with Crippen LogP contribution in [0.1, 0.15) is 36.0 Å². The van der Waals surface area contributed by atoms with Crippen molar-refractivity contribution in [2.45, 2.75) is 31.3 Å². The molecule has 2 rings (SSSR count). The molecule has 0 bridgehead atoms. The highest BCUT2D eigenvalue weighted by atomic mass is 16.5. The van der Waals surface area contributed by atoms with Crippen LogP contribution < -0.4 is 4.74 Å². The molecule has 0 aromatic heterocycles. The molecule has 0 atom stereocenters. The van der Waals surface area contributed by atoms with Crippen molar-refractivity contribution in [1.82, 2.24) is 0 Å². The lowest BCUT2D eigenvalue weighted by Gasteiger charge is -2.22. The number of hydrogen-bond donors (Lipinski definition) is 2. The molecule has 1 aliphatic carbocycles. The molecular formula is C13H16O4. The molecule has 4 heteroatoms. The molecule has 1 aromatic carbocycles. The molecule has 17 heavy (non-hydrogen) atoms. The number of hydrogen-bond acceptors (Lipinski definition) is 3. The average Bonchev–Trinajstić information content (AvgIpc) is 2.75. The van der Waals surface area contributed by atoms with Crippen LogP contribution in [0.15, 0.2) is 24.3 Å². The van der Waals surface area contributed by atoms with E-state index >= 15 is 0 Å². The Morgan fingerprint density at radius 3 is 2.71 bits per heavy atom. The number of ether oxygens (including phenoxy) is 1. The molecule has 1 fully saturated rings. The Morgan fingerprint density at radius 2 is 2.06 bits per heavy atom. The molecule has 1 saturated carbocycles. The summed E-state index contributed by atoms with van der Waals surface area (Å²) in [7, 11) is 0. The maximum Gasteiger partial charge on any atom is 0.335 e. The van der Waals surface area contributed by atoms with Crippen LogP contribution in [0.3, 0.4) is 0 Å². The minimum absolute atomic E-state index is 0.195. The standard InChI is InChI=1S/C13H16O4/c14-12(15)10-4-3-5-11(8-10)17-9-13(16)6-1-2-7-13/h3-5,8,16H,1-2,6-7,9H2,(H,14,15). The lowest BCUT2D eigenvalue weighted by atomic mass is 10.0. The fourth-order valence-electron chi connectivity index (χ4n) is 2.11. The van der Waals surface area contributed by atoms with Gasteiger partial charge in [0.05, 0.1) is 11.2 Å². The van der Waals surface area contributed by atoms with Crippen LogP contribution in [0.5, 0.6) is 5.75 Å². The molecule has 1 aromatic rings. The van der Waals surface area contributed by atoms with Crippen LogP contribution in [-0.4, -0.2) is 28.4 Å². The molecule has 0 unspecified atom stereocenters. The van der Waals surface area contributed by atoms with Crippen molar-refractivity contribution in [2.24, 2.45) is 0 Å². The van der Waals surface area contributed by atoms with Gasteiger partial charge in [0.15, 0.2) is 0 Å². The highest BCUT2D eigenvalue weighted by molar-refractivity contribution is 5.87. The summed E-state index contributed by atoms with van der Waals surface area (Å²) in [6, 6.07) is 6.32. The number of carboxylic acids is 1. The predicted molar refractivity (Wildman–Crippen MR) is 62.3 cm³/mol. The van der Waals surface area contributed by atoms with Gasteiger partial charge in [0, 0.05) is 0 Å². The van der Waals surface area contributed by atoms with E-state index in [1.165, 1.54) is 12.1 Å². The SMILES string of the molecule is O=C(O)c1cccc(OCC2(O)CCCC2)c1. The third-order valence-corrected chi connectivity index (χ3v) is 3.12. The summed E-state index contributed by atoms with van der Waals surface area (Å²) >= 11 is 0. The van der Waals surface area contributed by atoms with Crippen molar-refractivity contribution in [3.8, 4) is 5.75 Å². The van der Waals surface area contributed by atoms with E-state index < -0.39 is 11.6 Å². The minimum Gasteiger partial charge on any atom is -0.491 e. The second-order valence-electron chi connectivity index (χ2n) is 4.55. The Labute approximate surface area is 99.8 Å². The first-order valence-corrected chi connectivity index (χ1v) is 5.78. The fraction of sp³-hybridized carbons (Fsp3) is 0.462. The molecule has 0 amide bonds. The monoisotopic (exact) mass is 236 g/mol. The molecule has 92 valence electrons. The van der Waals surface area contributed by atoms with Gasteiger partial charge in [-0.1, -0.05) is 18.9 Å². The molecule has 1 aliphatic rings. The summed E-state index contributed by atoms with van der Waals surface area (Å²) < 4.78 is 5.47. The van der Waals surface area contributed by atoms with E-state index in [0.29, 0.717) is 5.75 Å². The summed E-state index contributed by atoms with van der Waals surface area (Å²) in [5, 5.41) is 18.9. The quantitative estimate of drug-likeness (QED) is 0.839. The minimum atomic E-state index is -0.977. The van der Waals surface area contributed by atoms with Crippen molar-refractivity contribution in [2.75, 3.05) is 6.61 Å². The van der Waals surface area contributed by atoms with Crippen molar-refractivity contribution in [1.29, 1.82) is 0 Å². The van der Waals surface area contributed by atoms with Gasteiger partial charge in [0.25, 0.3) is 0 Å². The van der Waals surface area contributed by atoms with E-state index in [1.54, 1.807) is 12.1 Å². The van der Waals surface area contributed by atoms with E-state index in [4.69, 9.17) is 9.84 Å². The zero-order valence-corrected chi connectivity index (χ0v) is 9.56. The van der Waals surface area contributed by atoms with Crippen molar-refractivity contribution < 1.29 is 19.7 Å². The Balaban J connectivity index is 1.99. The van der Waals surface area contributed by atoms with Crippen LogP contribution in [0.25, 0.3) is 0 Å². The first-order valence-electron chi connectivity index (χ1n) is 5.78. The van der Waals surface area contributed by atoms with Crippen LogP contribution in [-0.2, 0) is 0 Å². The summed E-state index contributed by atoms with van der Waals surface area (Å²) in [6.45, 7) is 0.232. The molecule has 0 aliphatic heterocycles. The van der Waals surface area contributed by atoms with Gasteiger partial charge in [-0.2, -0.15) is 0 Å². The van der Waals surface area contributed by atoms with Gasteiger partial charge < -0.3 is 14.9 Å². The molecule has 0 saturated heterocycles. The van der Waals surface area contributed by atoms with Crippen LogP contribution >= 0.6 is 0 Å². The lowest BCUT2D eigenvalue weighted by molar-refractivity contribution is 0.00139. The fourth-order valence-corrected chi connectivity index (χ4v) is 2.11. The summed E-state index contributed by atoms with van der Waals surface area (Å²) in [4.78, 5) is 10.8. The van der Waals surface area contributed by atoms with Gasteiger partial charge in [0.1, 0.15) is 12.4 Å². The zero-order chi connectivity index (χ0) is 12.3. The zero-order valence-electron chi connectivity index (χ0n) is 9.56. The number of rotatable bonds is 4. The topological polar surface area (TPSA) is 66.8 Å². The van der Waals surface area contributed by atoms with E-state index in [9.17, 15) is 9.90 Å². The smallest absolute Gasteiger partial charge is 0.335 e. The molecule has 0 radical (unpaired) electrons. The van der Waals surface area contributed by atoms with Crippen molar-refractivity contribution >= 4 is 5.97 Å².